The summed E-state index contributed by atoms with van der Waals surface area (Å²) >= 11 is 0. The van der Waals surface area contributed by atoms with Gasteiger partial charge in [0.05, 0.1) is 11.0 Å². The topological polar surface area (TPSA) is 46.6 Å². The van der Waals surface area contributed by atoms with E-state index >= 15 is 0 Å². The maximum atomic E-state index is 11.5. The van der Waals surface area contributed by atoms with Gasteiger partial charge >= 0.3 is 0 Å². The van der Waals surface area contributed by atoms with E-state index in [0.29, 0.717) is 0 Å². The smallest absolute Gasteiger partial charge is 0.261 e. The maximum absolute atomic E-state index is 11.5. The van der Waals surface area contributed by atoms with Crippen molar-refractivity contribution < 1.29 is 13.2 Å². The Morgan fingerprint density at radius 3 is 2.63 bits per heavy atom. The zero-order valence-corrected chi connectivity index (χ0v) is 13.0. The van der Waals surface area contributed by atoms with Gasteiger partial charge in [0, 0.05) is 36.6 Å². The van der Waals surface area contributed by atoms with Gasteiger partial charge < -0.3 is 9.64 Å². The molecule has 1 rings (SSSR count). The third-order valence-corrected chi connectivity index (χ3v) is 4.41. The van der Waals surface area contributed by atoms with E-state index in [2.05, 4.69) is 4.90 Å². The zero-order valence-electron chi connectivity index (χ0n) is 11.5. The highest BCUT2D eigenvalue weighted by Gasteiger charge is 2.22. The molecule has 0 aliphatic carbocycles. The van der Waals surface area contributed by atoms with Crippen LogP contribution in [0.5, 0.6) is 0 Å². The summed E-state index contributed by atoms with van der Waals surface area (Å²) in [5.74, 6) is 0. The molecule has 1 fully saturated rings. The molecule has 0 radical (unpaired) electrons. The minimum Gasteiger partial charge on any atom is -0.380 e. The first-order chi connectivity index (χ1) is 8.88. The van der Waals surface area contributed by atoms with Crippen LogP contribution in [0.25, 0.3) is 0 Å². The maximum Gasteiger partial charge on any atom is 0.261 e. The average molecular weight is 306 g/mol. The van der Waals surface area contributed by atoms with Crippen LogP contribution in [0.4, 0.5) is 0 Å². The van der Waals surface area contributed by atoms with Gasteiger partial charge in [-0.15, -0.1) is 0 Å². The molecule has 0 aromatic heterocycles. The highest BCUT2D eigenvalue weighted by molar-refractivity contribution is 8.17. The number of methoxy groups -OCH3 is 1. The molecule has 0 spiro atoms. The number of rotatable bonds is 5. The van der Waals surface area contributed by atoms with Gasteiger partial charge in [0.15, 0.2) is 0 Å². The van der Waals surface area contributed by atoms with Crippen molar-refractivity contribution in [2.24, 2.45) is 0 Å². The number of allylic oxidation sites excluding steroid dienone is 5. The van der Waals surface area contributed by atoms with Gasteiger partial charge in [0.2, 0.25) is 0 Å². The highest BCUT2D eigenvalue weighted by atomic mass is 35.7. The molecule has 0 amide bonds. The molecule has 1 unspecified atom stereocenters. The molecule has 1 heterocycles. The van der Waals surface area contributed by atoms with Gasteiger partial charge in [-0.05, 0) is 32.4 Å². The summed E-state index contributed by atoms with van der Waals surface area (Å²) in [7, 11) is 3.38. The summed E-state index contributed by atoms with van der Waals surface area (Å²) in [4.78, 5) is 2.20. The van der Waals surface area contributed by atoms with Gasteiger partial charge in [-0.3, -0.25) is 0 Å². The molecule has 0 saturated carbocycles. The van der Waals surface area contributed by atoms with E-state index in [0.717, 1.165) is 25.2 Å². The Kier molecular flexibility index (Phi) is 6.10. The Morgan fingerprint density at radius 2 is 2.16 bits per heavy atom. The summed E-state index contributed by atoms with van der Waals surface area (Å²) in [5.41, 5.74) is 0.875. The van der Waals surface area contributed by atoms with E-state index in [-0.39, 0.29) is 11.0 Å². The standard InChI is InChI=1S/C13H20ClNO3S/c1-4-5-6-13(19(14,16)17)9-11(2)15-8-7-12(10-15)18-3/h4-6,9,12H,7-8,10H2,1-3H3/b5-4-,11-9+,13-6+. The van der Waals surface area contributed by atoms with E-state index in [4.69, 9.17) is 15.4 Å². The SMILES string of the molecule is C\C=C/C=C(\C=C(/C)N1CCC(OC)C1)S(=O)(=O)Cl. The Hall–Kier alpha value is -0.780. The summed E-state index contributed by atoms with van der Waals surface area (Å²) in [5, 5.41) is 0. The van der Waals surface area contributed by atoms with Crippen LogP contribution in [0.2, 0.25) is 0 Å². The van der Waals surface area contributed by atoms with E-state index in [1.54, 1.807) is 25.3 Å². The number of hydrogen-bond acceptors (Lipinski definition) is 4. The average Bonchev–Trinajstić information content (AvgIpc) is 2.81. The second-order valence-electron chi connectivity index (χ2n) is 4.41. The molecular formula is C13H20ClNO3S. The van der Waals surface area contributed by atoms with Crippen molar-refractivity contribution in [3.05, 3.63) is 34.9 Å². The molecule has 19 heavy (non-hydrogen) atoms. The molecule has 0 N–H and O–H groups in total. The molecule has 0 aromatic carbocycles. The lowest BCUT2D eigenvalue weighted by atomic mass is 10.3. The molecule has 0 aromatic rings. The zero-order chi connectivity index (χ0) is 14.5. The lowest BCUT2D eigenvalue weighted by Crippen LogP contribution is -2.21. The second-order valence-corrected chi connectivity index (χ2v) is 6.98. The number of halogens is 1. The number of hydrogen-bond donors (Lipinski definition) is 0. The largest absolute Gasteiger partial charge is 0.380 e. The first kappa shape index (κ1) is 16.3. The molecule has 6 heteroatoms. The molecule has 1 atom stereocenters. The molecule has 108 valence electrons. The fourth-order valence-electron chi connectivity index (χ4n) is 1.93. The predicted molar refractivity (Wildman–Crippen MR) is 78.4 cm³/mol. The van der Waals surface area contributed by atoms with Gasteiger partial charge in [0.25, 0.3) is 9.05 Å². The van der Waals surface area contributed by atoms with Crippen molar-refractivity contribution in [3.63, 3.8) is 0 Å². The molecule has 1 aliphatic heterocycles. The number of likely N-dealkylation sites (tertiary alicyclic amines) is 1. The summed E-state index contributed by atoms with van der Waals surface area (Å²) in [6.45, 7) is 5.33. The number of nitrogens with zero attached hydrogens (tertiary/aromatic N) is 1. The van der Waals surface area contributed by atoms with Crippen LogP contribution in [-0.2, 0) is 13.8 Å². The third kappa shape index (κ3) is 5.01. The second kappa shape index (κ2) is 7.12. The van der Waals surface area contributed by atoms with E-state index in [9.17, 15) is 8.42 Å². The minimum absolute atomic E-state index is 0.102. The fourth-order valence-corrected chi connectivity index (χ4v) is 2.77. The first-order valence-corrected chi connectivity index (χ1v) is 8.43. The number of ether oxygens (including phenoxy) is 1. The van der Waals surface area contributed by atoms with Crippen molar-refractivity contribution >= 4 is 19.7 Å². The lowest BCUT2D eigenvalue weighted by Gasteiger charge is -2.19. The monoisotopic (exact) mass is 305 g/mol. The highest BCUT2D eigenvalue weighted by Crippen LogP contribution is 2.21. The van der Waals surface area contributed by atoms with Crippen LogP contribution in [0, 0.1) is 0 Å². The fraction of sp³-hybridized carbons (Fsp3) is 0.538. The van der Waals surface area contributed by atoms with Crippen molar-refractivity contribution in [3.8, 4) is 0 Å². The van der Waals surface area contributed by atoms with Crippen molar-refractivity contribution in [1.82, 2.24) is 4.90 Å². The lowest BCUT2D eigenvalue weighted by molar-refractivity contribution is 0.112. The minimum atomic E-state index is -3.73. The molecule has 1 saturated heterocycles. The van der Waals surface area contributed by atoms with E-state index in [1.807, 2.05) is 13.8 Å². The van der Waals surface area contributed by atoms with Crippen LogP contribution in [-0.4, -0.2) is 39.6 Å². The molecular weight excluding hydrogens is 286 g/mol. The van der Waals surface area contributed by atoms with Crippen LogP contribution in [0.15, 0.2) is 34.9 Å². The van der Waals surface area contributed by atoms with Crippen LogP contribution >= 0.6 is 10.7 Å². The summed E-state index contributed by atoms with van der Waals surface area (Å²) in [6.07, 6.45) is 7.65. The molecule has 4 nitrogen and oxygen atoms in total. The molecule has 1 aliphatic rings. The normalized spacial score (nSPS) is 22.5. The van der Waals surface area contributed by atoms with Crippen molar-refractivity contribution in [2.75, 3.05) is 20.2 Å². The van der Waals surface area contributed by atoms with Crippen molar-refractivity contribution in [2.45, 2.75) is 26.4 Å². The van der Waals surface area contributed by atoms with Crippen LogP contribution in [0.1, 0.15) is 20.3 Å². The molecule has 0 bridgehead atoms. The van der Waals surface area contributed by atoms with Crippen LogP contribution in [0.3, 0.4) is 0 Å². The van der Waals surface area contributed by atoms with Crippen molar-refractivity contribution in [1.29, 1.82) is 0 Å². The van der Waals surface area contributed by atoms with Gasteiger partial charge in [-0.2, -0.15) is 0 Å². The van der Waals surface area contributed by atoms with E-state index in [1.165, 1.54) is 6.08 Å². The van der Waals surface area contributed by atoms with Crippen LogP contribution < -0.4 is 0 Å². The van der Waals surface area contributed by atoms with Gasteiger partial charge in [0.1, 0.15) is 0 Å². The summed E-state index contributed by atoms with van der Waals surface area (Å²) < 4.78 is 28.3. The Morgan fingerprint density at radius 1 is 1.47 bits per heavy atom. The van der Waals surface area contributed by atoms with Gasteiger partial charge in [-0.25, -0.2) is 8.42 Å². The predicted octanol–water partition coefficient (Wildman–Crippen LogP) is 2.64. The Bertz CT molecular complexity index is 494. The van der Waals surface area contributed by atoms with Gasteiger partial charge in [-0.1, -0.05) is 12.2 Å². The Labute approximate surface area is 119 Å². The summed E-state index contributed by atoms with van der Waals surface area (Å²) in [6, 6.07) is 0. The van der Waals surface area contributed by atoms with E-state index < -0.39 is 9.05 Å². The Balaban J connectivity index is 2.91. The quantitative estimate of drug-likeness (QED) is 0.579. The first-order valence-electron chi connectivity index (χ1n) is 6.12. The third-order valence-electron chi connectivity index (χ3n) is 3.06.